The number of benzene rings is 3. The quantitative estimate of drug-likeness (QED) is 0.0717. The van der Waals surface area contributed by atoms with Gasteiger partial charge in [-0.25, -0.2) is 14.0 Å². The van der Waals surface area contributed by atoms with Gasteiger partial charge in [-0.15, -0.1) is 0 Å². The van der Waals surface area contributed by atoms with Crippen molar-refractivity contribution in [2.75, 3.05) is 26.7 Å². The molecule has 3 rings (SSSR count). The summed E-state index contributed by atoms with van der Waals surface area (Å²) < 4.78 is 30.1. The molecule has 52 heavy (non-hydrogen) atoms. The van der Waals surface area contributed by atoms with Crippen molar-refractivity contribution in [3.63, 3.8) is 0 Å². The zero-order chi connectivity index (χ0) is 37.9. The van der Waals surface area contributed by atoms with Gasteiger partial charge in [0.2, 0.25) is 5.91 Å². The second-order valence-corrected chi connectivity index (χ2v) is 12.5. The topological polar surface area (TPSA) is 156 Å². The third kappa shape index (κ3) is 14.3. The summed E-state index contributed by atoms with van der Waals surface area (Å²) in [6.07, 6.45) is 0.229. The van der Waals surface area contributed by atoms with E-state index in [2.05, 4.69) is 16.0 Å². The van der Waals surface area contributed by atoms with E-state index in [-0.39, 0.29) is 26.2 Å². The molecule has 0 aliphatic heterocycles. The maximum atomic E-state index is 13.4. The van der Waals surface area contributed by atoms with E-state index in [4.69, 9.17) is 14.2 Å². The molecule has 0 aromatic heterocycles. The van der Waals surface area contributed by atoms with E-state index in [9.17, 15) is 28.7 Å². The number of aliphatic hydroxyl groups excluding tert-OH is 1. The lowest BCUT2D eigenvalue weighted by Crippen LogP contribution is -2.55. The van der Waals surface area contributed by atoms with Crippen LogP contribution in [0.15, 0.2) is 78.9 Å². The fourth-order valence-electron chi connectivity index (χ4n) is 5.01. The highest BCUT2D eigenvalue weighted by atomic mass is 19.1. The molecule has 4 N–H and O–H groups in total. The van der Waals surface area contributed by atoms with Crippen molar-refractivity contribution in [3.8, 4) is 5.75 Å². The Balaban J connectivity index is 1.45. The van der Waals surface area contributed by atoms with Gasteiger partial charge in [-0.3, -0.25) is 14.9 Å². The third-order valence-electron chi connectivity index (χ3n) is 8.24. The van der Waals surface area contributed by atoms with Crippen LogP contribution in [0.5, 0.6) is 5.75 Å². The molecule has 0 spiro atoms. The van der Waals surface area contributed by atoms with Crippen LogP contribution in [0.2, 0.25) is 0 Å². The zero-order valence-electron chi connectivity index (χ0n) is 30.3. The number of unbranched alkanes of at least 4 members (excludes halogenated alkanes) is 1. The first-order chi connectivity index (χ1) is 25.0. The monoisotopic (exact) mass is 722 g/mol. The van der Waals surface area contributed by atoms with Crippen LogP contribution in [-0.4, -0.2) is 85.0 Å². The number of nitrogens with one attached hydrogen (secondary N) is 3. The van der Waals surface area contributed by atoms with Crippen LogP contribution in [0.25, 0.3) is 0 Å². The standard InChI is InChI=1S/C39H51FN4O8/c1-5-6-23-50-38(48)33(24-29-18-20-32(40)21-19-29)43-35(45)28(3)44(4)37(47)36(46)42-25-27(2)52-34-17-11-10-15-31(34)16-12-22-41-39(49)51-26-30-13-8-7-9-14-30/h7-11,13-15,17-21,27-28,33,36,42,46H,5-6,12,16,22-26H2,1-4H3,(H,41,49)(H,43,45)/t27-,28-,33-,36+/m1/s1. The minimum atomic E-state index is -1.64. The number of rotatable bonds is 21. The van der Waals surface area contributed by atoms with E-state index in [0.717, 1.165) is 22.4 Å². The highest BCUT2D eigenvalue weighted by molar-refractivity contribution is 5.91. The number of hydrogen-bond donors (Lipinski definition) is 4. The Morgan fingerprint density at radius 1 is 0.885 bits per heavy atom. The van der Waals surface area contributed by atoms with Gasteiger partial charge < -0.3 is 34.9 Å². The van der Waals surface area contributed by atoms with Gasteiger partial charge in [-0.2, -0.15) is 0 Å². The van der Waals surface area contributed by atoms with Crippen molar-refractivity contribution in [1.29, 1.82) is 0 Å². The number of carbonyl (C=O) groups is 4. The molecule has 0 unspecified atom stereocenters. The van der Waals surface area contributed by atoms with E-state index in [1.807, 2.05) is 61.5 Å². The third-order valence-corrected chi connectivity index (χ3v) is 8.24. The van der Waals surface area contributed by atoms with Gasteiger partial charge in [0.05, 0.1) is 6.61 Å². The Labute approximate surface area is 305 Å². The van der Waals surface area contributed by atoms with Gasteiger partial charge >= 0.3 is 12.1 Å². The maximum absolute atomic E-state index is 13.4. The second-order valence-electron chi connectivity index (χ2n) is 12.5. The van der Waals surface area contributed by atoms with E-state index >= 15 is 0 Å². The molecule has 0 bridgehead atoms. The van der Waals surface area contributed by atoms with Crippen LogP contribution in [0.3, 0.4) is 0 Å². The minimum Gasteiger partial charge on any atom is -0.489 e. The maximum Gasteiger partial charge on any atom is 0.407 e. The molecule has 13 heteroatoms. The molecular formula is C39H51FN4O8. The summed E-state index contributed by atoms with van der Waals surface area (Å²) in [5.74, 6) is -1.82. The lowest BCUT2D eigenvalue weighted by atomic mass is 10.1. The molecule has 0 saturated carbocycles. The summed E-state index contributed by atoms with van der Waals surface area (Å²) in [5.41, 5.74) is 2.45. The summed E-state index contributed by atoms with van der Waals surface area (Å²) in [7, 11) is 1.38. The highest BCUT2D eigenvalue weighted by Gasteiger charge is 2.31. The molecule has 3 aromatic carbocycles. The number of hydrogen-bond acceptors (Lipinski definition) is 9. The van der Waals surface area contributed by atoms with Crippen molar-refractivity contribution < 1.29 is 42.9 Å². The molecule has 3 aromatic rings. The van der Waals surface area contributed by atoms with Crippen LogP contribution >= 0.6 is 0 Å². The minimum absolute atomic E-state index is 0.0628. The number of esters is 1. The molecule has 0 aliphatic rings. The molecule has 0 heterocycles. The molecule has 4 atom stereocenters. The summed E-state index contributed by atoms with van der Waals surface area (Å²) in [5, 5.41) is 18.8. The number of alkyl carbamates (subject to hydrolysis) is 1. The Morgan fingerprint density at radius 3 is 2.29 bits per heavy atom. The molecule has 0 saturated heterocycles. The lowest BCUT2D eigenvalue weighted by molar-refractivity contribution is -0.150. The van der Waals surface area contributed by atoms with Gasteiger partial charge in [0.15, 0.2) is 6.23 Å². The fraction of sp³-hybridized carbons (Fsp3) is 0.436. The number of para-hydroxylation sites is 1. The number of aliphatic hydroxyl groups is 1. The first-order valence-corrected chi connectivity index (χ1v) is 17.6. The number of ether oxygens (including phenoxy) is 3. The average Bonchev–Trinajstić information content (AvgIpc) is 3.15. The van der Waals surface area contributed by atoms with Crippen molar-refractivity contribution in [1.82, 2.24) is 20.9 Å². The number of aryl methyl sites for hydroxylation is 1. The van der Waals surface area contributed by atoms with E-state index < -0.39 is 54.1 Å². The van der Waals surface area contributed by atoms with Gasteiger partial charge in [0.25, 0.3) is 5.91 Å². The van der Waals surface area contributed by atoms with Gasteiger partial charge in [-0.05, 0) is 68.0 Å². The van der Waals surface area contributed by atoms with Crippen molar-refractivity contribution >= 4 is 23.9 Å². The van der Waals surface area contributed by atoms with Gasteiger partial charge in [0, 0.05) is 26.6 Å². The number of amides is 3. The van der Waals surface area contributed by atoms with E-state index in [1.54, 1.807) is 6.92 Å². The number of likely N-dealkylation sites (N-methyl/N-ethyl adjacent to an activating group) is 1. The smallest absolute Gasteiger partial charge is 0.407 e. The summed E-state index contributed by atoms with van der Waals surface area (Å²) in [4.78, 5) is 52.2. The molecule has 0 radical (unpaired) electrons. The largest absolute Gasteiger partial charge is 0.489 e. The molecule has 0 aliphatic carbocycles. The van der Waals surface area contributed by atoms with Crippen LogP contribution in [0, 0.1) is 5.82 Å². The lowest BCUT2D eigenvalue weighted by Gasteiger charge is -2.28. The molecule has 0 fully saturated rings. The predicted octanol–water partition coefficient (Wildman–Crippen LogP) is 4.28. The molecule has 282 valence electrons. The van der Waals surface area contributed by atoms with E-state index in [0.29, 0.717) is 37.1 Å². The van der Waals surface area contributed by atoms with Crippen molar-refractivity contribution in [3.05, 3.63) is 101 Å². The normalized spacial score (nSPS) is 13.2. The summed E-state index contributed by atoms with van der Waals surface area (Å²) >= 11 is 0. The summed E-state index contributed by atoms with van der Waals surface area (Å²) in [6.45, 7) is 6.11. The van der Waals surface area contributed by atoms with E-state index in [1.165, 1.54) is 38.2 Å². The van der Waals surface area contributed by atoms with Crippen molar-refractivity contribution in [2.24, 2.45) is 0 Å². The van der Waals surface area contributed by atoms with Crippen molar-refractivity contribution in [2.45, 2.75) is 83.9 Å². The highest BCUT2D eigenvalue weighted by Crippen LogP contribution is 2.21. The zero-order valence-corrected chi connectivity index (χ0v) is 30.3. The van der Waals surface area contributed by atoms with Gasteiger partial charge in [0.1, 0.15) is 36.4 Å². The number of carbonyl (C=O) groups excluding carboxylic acids is 4. The first kappa shape index (κ1) is 41.4. The fourth-order valence-corrected chi connectivity index (χ4v) is 5.01. The van der Waals surface area contributed by atoms with Crippen LogP contribution in [0.4, 0.5) is 9.18 Å². The molecular weight excluding hydrogens is 671 g/mol. The average molecular weight is 723 g/mol. The van der Waals surface area contributed by atoms with Crippen LogP contribution in [0.1, 0.15) is 56.7 Å². The molecule has 3 amide bonds. The first-order valence-electron chi connectivity index (χ1n) is 17.6. The van der Waals surface area contributed by atoms with Crippen LogP contribution < -0.4 is 20.7 Å². The van der Waals surface area contributed by atoms with Crippen LogP contribution in [-0.2, 0) is 43.3 Å². The Hall–Kier alpha value is -5.01. The Kier molecular flexibility index (Phi) is 17.6. The second kappa shape index (κ2) is 22.0. The number of halogens is 1. The van der Waals surface area contributed by atoms with Gasteiger partial charge in [-0.1, -0.05) is 74.0 Å². The Bertz CT molecular complexity index is 1560. The number of nitrogens with zero attached hydrogens (tertiary/aromatic N) is 1. The Morgan fingerprint density at radius 2 is 1.58 bits per heavy atom. The predicted molar refractivity (Wildman–Crippen MR) is 194 cm³/mol. The SMILES string of the molecule is CCCCOC(=O)[C@@H](Cc1ccc(F)cc1)NC(=O)[C@@H](C)N(C)C(=O)[C@H](O)NC[C@@H](C)Oc1ccccc1CCCNC(=O)OCc1ccccc1. The molecule has 12 nitrogen and oxygen atoms in total. The summed E-state index contributed by atoms with van der Waals surface area (Å²) in [6, 6.07) is 20.4.